The molecule has 3 aromatic rings. The number of hydrogen-bond donors (Lipinski definition) is 1. The van der Waals surface area contributed by atoms with Crippen LogP contribution in [0.4, 0.5) is 5.00 Å². The van der Waals surface area contributed by atoms with Gasteiger partial charge in [-0.1, -0.05) is 23.7 Å². The van der Waals surface area contributed by atoms with Gasteiger partial charge in [0.15, 0.2) is 0 Å². The van der Waals surface area contributed by atoms with E-state index < -0.39 is 5.97 Å². The number of hydrogen-bond acceptors (Lipinski definition) is 6. The molecule has 28 heavy (non-hydrogen) atoms. The Labute approximate surface area is 175 Å². The van der Waals surface area contributed by atoms with Gasteiger partial charge in [-0.2, -0.15) is 0 Å². The Bertz CT molecular complexity index is 1090. The number of nitrogens with one attached hydrogen (secondary N) is 1. The molecule has 1 N–H and O–H groups in total. The topological polar surface area (TPSA) is 64.6 Å². The van der Waals surface area contributed by atoms with Crippen LogP contribution in [0.1, 0.15) is 43.0 Å². The molecule has 2 aromatic heterocycles. The van der Waals surface area contributed by atoms with Crippen LogP contribution < -0.4 is 5.32 Å². The minimum Gasteiger partial charge on any atom is -0.462 e. The van der Waals surface area contributed by atoms with E-state index in [1.807, 2.05) is 25.1 Å². The van der Waals surface area contributed by atoms with Crippen molar-refractivity contribution in [2.75, 3.05) is 18.5 Å². The summed E-state index contributed by atoms with van der Waals surface area (Å²) in [5.74, 6) is -0.746. The first-order valence-corrected chi connectivity index (χ1v) is 10.9. The van der Waals surface area contributed by atoms with Crippen LogP contribution >= 0.6 is 34.3 Å². The lowest BCUT2D eigenvalue weighted by Gasteiger charge is -2.13. The van der Waals surface area contributed by atoms with E-state index in [-0.39, 0.29) is 12.5 Å². The number of rotatable bonds is 4. The molecule has 0 unspecified atom stereocenters. The summed E-state index contributed by atoms with van der Waals surface area (Å²) in [7, 11) is 0. The molecule has 4 rings (SSSR count). The molecule has 5 nitrogen and oxygen atoms in total. The van der Waals surface area contributed by atoms with Gasteiger partial charge in [0, 0.05) is 15.0 Å². The number of thiophene rings is 2. The zero-order chi connectivity index (χ0) is 19.8. The van der Waals surface area contributed by atoms with Gasteiger partial charge in [0.2, 0.25) is 0 Å². The van der Waals surface area contributed by atoms with Crippen molar-refractivity contribution in [3.63, 3.8) is 0 Å². The predicted molar refractivity (Wildman–Crippen MR) is 113 cm³/mol. The maximum absolute atomic E-state index is 13.0. The second-order valence-corrected chi connectivity index (χ2v) is 8.97. The van der Waals surface area contributed by atoms with E-state index in [9.17, 15) is 9.59 Å². The van der Waals surface area contributed by atoms with E-state index in [1.54, 1.807) is 6.92 Å². The number of halogens is 1. The highest BCUT2D eigenvalue weighted by Gasteiger charge is 2.28. The number of aryl methyl sites for hydroxylation is 1. The maximum atomic E-state index is 13.0. The van der Waals surface area contributed by atoms with Crippen molar-refractivity contribution in [3.8, 4) is 0 Å². The molecule has 0 saturated heterocycles. The van der Waals surface area contributed by atoms with Crippen molar-refractivity contribution in [1.82, 2.24) is 0 Å². The monoisotopic (exact) mass is 435 g/mol. The number of ether oxygens (including phenoxy) is 2. The zero-order valence-electron chi connectivity index (χ0n) is 15.4. The van der Waals surface area contributed by atoms with E-state index in [1.165, 1.54) is 22.7 Å². The maximum Gasteiger partial charge on any atom is 0.341 e. The lowest BCUT2D eigenvalue weighted by atomic mass is 10.1. The van der Waals surface area contributed by atoms with Gasteiger partial charge < -0.3 is 14.8 Å². The molecule has 1 aromatic carbocycles. The quantitative estimate of drug-likeness (QED) is 0.555. The lowest BCUT2D eigenvalue weighted by molar-refractivity contribution is 0.0524. The van der Waals surface area contributed by atoms with E-state index in [0.29, 0.717) is 40.1 Å². The first kappa shape index (κ1) is 19.4. The van der Waals surface area contributed by atoms with Gasteiger partial charge in [0.1, 0.15) is 9.88 Å². The Morgan fingerprint density at radius 1 is 1.32 bits per heavy atom. The molecule has 0 radical (unpaired) electrons. The second kappa shape index (κ2) is 7.83. The van der Waals surface area contributed by atoms with Crippen LogP contribution in [0.15, 0.2) is 18.2 Å². The normalized spacial score (nSPS) is 13.4. The Morgan fingerprint density at radius 2 is 2.14 bits per heavy atom. The molecule has 1 amide bonds. The number of carbonyl (C=O) groups is 2. The molecule has 3 heterocycles. The molecule has 8 heteroatoms. The largest absolute Gasteiger partial charge is 0.462 e. The first-order chi connectivity index (χ1) is 13.5. The number of fused-ring (bicyclic) bond motifs is 2. The molecule has 0 saturated carbocycles. The SMILES string of the molecule is CCOC(=O)c1c(NC(=O)c2sc3cc(C)ccc3c2Cl)sc2c1CCOC2. The van der Waals surface area contributed by atoms with Crippen LogP contribution in [0.2, 0.25) is 5.02 Å². The fourth-order valence-electron chi connectivity index (χ4n) is 3.22. The molecule has 0 fully saturated rings. The molecule has 1 aliphatic heterocycles. The van der Waals surface area contributed by atoms with Crippen molar-refractivity contribution in [3.05, 3.63) is 49.7 Å². The van der Waals surface area contributed by atoms with E-state index in [4.69, 9.17) is 21.1 Å². The average Bonchev–Trinajstić information content (AvgIpc) is 3.19. The van der Waals surface area contributed by atoms with Crippen molar-refractivity contribution >= 4 is 61.2 Å². The summed E-state index contributed by atoms with van der Waals surface area (Å²) in [6, 6.07) is 5.90. The predicted octanol–water partition coefficient (Wildman–Crippen LogP) is 5.43. The number of amides is 1. The third kappa shape index (κ3) is 3.43. The molecular formula is C20H18ClNO4S2. The standard InChI is InChI=1S/C20H18ClNO4S2/c1-3-26-20(24)15-11-6-7-25-9-14(11)28-19(15)22-18(23)17-16(21)12-5-4-10(2)8-13(12)27-17/h4-5,8H,3,6-7,9H2,1-2H3,(H,22,23). The molecule has 0 aliphatic carbocycles. The van der Waals surface area contributed by atoms with Crippen molar-refractivity contribution in [2.24, 2.45) is 0 Å². The Kier molecular flexibility index (Phi) is 5.42. The summed E-state index contributed by atoms with van der Waals surface area (Å²) in [6.45, 7) is 5.01. The fraction of sp³-hybridized carbons (Fsp3) is 0.300. The van der Waals surface area contributed by atoms with Crippen LogP contribution in [0.5, 0.6) is 0 Å². The van der Waals surface area contributed by atoms with E-state index in [2.05, 4.69) is 5.32 Å². The van der Waals surface area contributed by atoms with E-state index >= 15 is 0 Å². The highest BCUT2D eigenvalue weighted by Crippen LogP contribution is 2.39. The molecule has 1 aliphatic rings. The van der Waals surface area contributed by atoms with Gasteiger partial charge in [-0.3, -0.25) is 4.79 Å². The molecule has 0 atom stereocenters. The van der Waals surface area contributed by atoms with Gasteiger partial charge in [-0.15, -0.1) is 22.7 Å². The van der Waals surface area contributed by atoms with Gasteiger partial charge >= 0.3 is 5.97 Å². The van der Waals surface area contributed by atoms with Crippen LogP contribution in [-0.2, 0) is 22.5 Å². The highest BCUT2D eigenvalue weighted by molar-refractivity contribution is 7.22. The first-order valence-electron chi connectivity index (χ1n) is 8.89. The Hall–Kier alpha value is -1.93. The Morgan fingerprint density at radius 3 is 2.93 bits per heavy atom. The van der Waals surface area contributed by atoms with Crippen LogP contribution in [0.25, 0.3) is 10.1 Å². The Balaban J connectivity index is 1.71. The average molecular weight is 436 g/mol. The zero-order valence-corrected chi connectivity index (χ0v) is 17.8. The van der Waals surface area contributed by atoms with Gasteiger partial charge in [-0.25, -0.2) is 4.79 Å². The van der Waals surface area contributed by atoms with Crippen LogP contribution in [-0.4, -0.2) is 25.1 Å². The van der Waals surface area contributed by atoms with Gasteiger partial charge in [-0.05, 0) is 37.5 Å². The smallest absolute Gasteiger partial charge is 0.341 e. The van der Waals surface area contributed by atoms with Gasteiger partial charge in [0.05, 0.1) is 30.4 Å². The lowest BCUT2D eigenvalue weighted by Crippen LogP contribution is -2.16. The van der Waals surface area contributed by atoms with Crippen molar-refractivity contribution in [2.45, 2.75) is 26.9 Å². The summed E-state index contributed by atoms with van der Waals surface area (Å²) >= 11 is 9.17. The molecule has 0 bridgehead atoms. The van der Waals surface area contributed by atoms with Crippen LogP contribution in [0, 0.1) is 6.92 Å². The molecule has 146 valence electrons. The fourth-order valence-corrected chi connectivity index (χ4v) is 5.90. The summed E-state index contributed by atoms with van der Waals surface area (Å²) in [4.78, 5) is 26.9. The third-order valence-corrected chi connectivity index (χ3v) is 7.29. The minimum absolute atomic E-state index is 0.273. The van der Waals surface area contributed by atoms with Crippen molar-refractivity contribution in [1.29, 1.82) is 0 Å². The van der Waals surface area contributed by atoms with Crippen LogP contribution in [0.3, 0.4) is 0 Å². The summed E-state index contributed by atoms with van der Waals surface area (Å²) in [5.41, 5.74) is 2.45. The number of anilines is 1. The molecule has 0 spiro atoms. The number of carbonyl (C=O) groups excluding carboxylic acids is 2. The van der Waals surface area contributed by atoms with E-state index in [0.717, 1.165) is 26.1 Å². The highest BCUT2D eigenvalue weighted by atomic mass is 35.5. The number of benzene rings is 1. The summed E-state index contributed by atoms with van der Waals surface area (Å²) in [6.07, 6.45) is 0.624. The summed E-state index contributed by atoms with van der Waals surface area (Å²) in [5, 5.41) is 4.66. The third-order valence-electron chi connectivity index (χ3n) is 4.52. The van der Waals surface area contributed by atoms with Gasteiger partial charge in [0.25, 0.3) is 5.91 Å². The number of esters is 1. The molecular weight excluding hydrogens is 418 g/mol. The summed E-state index contributed by atoms with van der Waals surface area (Å²) < 4.78 is 11.7. The van der Waals surface area contributed by atoms with Crippen molar-refractivity contribution < 1.29 is 19.1 Å². The minimum atomic E-state index is -0.421. The second-order valence-electron chi connectivity index (χ2n) is 6.43.